The SMILES string of the molecule is CC(=O)OCC1OC(OC(C)=O)C(NC(=O)CN=[N+]=[N-])C(OC(C)=O)C1OC(C)=O. The molecule has 0 aromatic heterocycles. The molecule has 5 atom stereocenters. The molecule has 1 aliphatic rings. The Bertz CT molecular complexity index is 736. The molecule has 0 aliphatic carbocycles. The maximum Gasteiger partial charge on any atom is 0.305 e. The first-order valence-corrected chi connectivity index (χ1v) is 8.65. The van der Waals surface area contributed by atoms with E-state index in [0.29, 0.717) is 0 Å². The van der Waals surface area contributed by atoms with Gasteiger partial charge in [0.25, 0.3) is 0 Å². The lowest BCUT2D eigenvalue weighted by Crippen LogP contribution is -2.67. The van der Waals surface area contributed by atoms with Crippen LogP contribution in [-0.2, 0) is 47.7 Å². The van der Waals surface area contributed by atoms with Crippen LogP contribution in [0.5, 0.6) is 0 Å². The highest BCUT2D eigenvalue weighted by Gasteiger charge is 2.52. The predicted molar refractivity (Wildman–Crippen MR) is 94.1 cm³/mol. The summed E-state index contributed by atoms with van der Waals surface area (Å²) < 4.78 is 25.9. The molecule has 1 rings (SSSR count). The number of carbonyl (C=O) groups excluding carboxylic acids is 5. The van der Waals surface area contributed by atoms with E-state index in [4.69, 9.17) is 29.2 Å². The molecule has 5 unspecified atom stereocenters. The van der Waals surface area contributed by atoms with Crippen molar-refractivity contribution in [2.75, 3.05) is 13.2 Å². The molecule has 0 spiro atoms. The van der Waals surface area contributed by atoms with Gasteiger partial charge in [0, 0.05) is 32.6 Å². The fraction of sp³-hybridized carbons (Fsp3) is 0.688. The number of azide groups is 1. The summed E-state index contributed by atoms with van der Waals surface area (Å²) in [4.78, 5) is 60.5. The first-order valence-electron chi connectivity index (χ1n) is 8.65. The van der Waals surface area contributed by atoms with E-state index in [0.717, 1.165) is 27.7 Å². The fourth-order valence-electron chi connectivity index (χ4n) is 2.65. The Balaban J connectivity index is 3.33. The van der Waals surface area contributed by atoms with Crippen molar-refractivity contribution in [3.05, 3.63) is 10.4 Å². The summed E-state index contributed by atoms with van der Waals surface area (Å²) in [6, 6.07) is -1.34. The number of ether oxygens (including phenoxy) is 5. The Morgan fingerprint density at radius 1 is 0.933 bits per heavy atom. The van der Waals surface area contributed by atoms with Crippen molar-refractivity contribution in [2.24, 2.45) is 5.11 Å². The predicted octanol–water partition coefficient (Wildman–Crippen LogP) is -0.504. The number of esters is 4. The van der Waals surface area contributed by atoms with Crippen LogP contribution in [0.3, 0.4) is 0 Å². The molecule has 166 valence electrons. The van der Waals surface area contributed by atoms with Gasteiger partial charge in [-0.15, -0.1) is 0 Å². The van der Waals surface area contributed by atoms with E-state index in [1.807, 2.05) is 0 Å². The standard InChI is InChI=1S/C16H22N4O10/c1-7(21)26-6-11-14(27-8(2)22)15(28-9(3)23)13(16(30-11)29-10(4)24)19-12(25)5-18-20-17/h11,13-16H,5-6H2,1-4H3,(H,19,25). The number of amides is 1. The van der Waals surface area contributed by atoms with E-state index in [1.165, 1.54) is 0 Å². The third-order valence-electron chi connectivity index (χ3n) is 3.59. The Hall–Kier alpha value is -3.38. The molecule has 1 aliphatic heterocycles. The lowest BCUT2D eigenvalue weighted by molar-refractivity contribution is -0.271. The molecule has 1 heterocycles. The molecule has 1 saturated heterocycles. The van der Waals surface area contributed by atoms with Crippen LogP contribution >= 0.6 is 0 Å². The molecule has 14 heteroatoms. The monoisotopic (exact) mass is 430 g/mol. The molecule has 0 aromatic carbocycles. The Kier molecular flexibility index (Phi) is 9.52. The van der Waals surface area contributed by atoms with Crippen LogP contribution in [-0.4, -0.2) is 73.6 Å². The van der Waals surface area contributed by atoms with Crippen LogP contribution in [0.15, 0.2) is 5.11 Å². The molecular weight excluding hydrogens is 408 g/mol. The van der Waals surface area contributed by atoms with Crippen molar-refractivity contribution < 1.29 is 47.7 Å². The Morgan fingerprint density at radius 2 is 1.50 bits per heavy atom. The third kappa shape index (κ3) is 7.93. The van der Waals surface area contributed by atoms with Gasteiger partial charge in [-0.1, -0.05) is 5.11 Å². The first kappa shape index (κ1) is 24.7. The topological polar surface area (TPSA) is 192 Å². The second-order valence-corrected chi connectivity index (χ2v) is 6.09. The number of carbonyl (C=O) groups is 5. The second kappa shape index (κ2) is 11.6. The number of nitrogens with one attached hydrogen (secondary N) is 1. The van der Waals surface area contributed by atoms with Gasteiger partial charge in [0.05, 0.1) is 0 Å². The normalized spacial score (nSPS) is 25.1. The molecule has 14 nitrogen and oxygen atoms in total. The van der Waals surface area contributed by atoms with Crippen LogP contribution in [0, 0.1) is 0 Å². The summed E-state index contributed by atoms with van der Waals surface area (Å²) in [7, 11) is 0. The van der Waals surface area contributed by atoms with Crippen molar-refractivity contribution in [2.45, 2.75) is 58.3 Å². The zero-order valence-corrected chi connectivity index (χ0v) is 16.7. The van der Waals surface area contributed by atoms with Gasteiger partial charge < -0.3 is 29.0 Å². The summed E-state index contributed by atoms with van der Waals surface area (Å²) in [6.07, 6.45) is -5.42. The smallest absolute Gasteiger partial charge is 0.305 e. The minimum Gasteiger partial charge on any atom is -0.463 e. The van der Waals surface area contributed by atoms with Gasteiger partial charge in [-0.2, -0.15) is 0 Å². The summed E-state index contributed by atoms with van der Waals surface area (Å²) in [5.74, 6) is -3.86. The van der Waals surface area contributed by atoms with E-state index in [1.54, 1.807) is 0 Å². The highest BCUT2D eigenvalue weighted by molar-refractivity contribution is 5.79. The summed E-state index contributed by atoms with van der Waals surface area (Å²) >= 11 is 0. The van der Waals surface area contributed by atoms with Crippen molar-refractivity contribution in [1.29, 1.82) is 0 Å². The molecule has 1 amide bonds. The van der Waals surface area contributed by atoms with Crippen LogP contribution in [0.25, 0.3) is 10.4 Å². The van der Waals surface area contributed by atoms with Gasteiger partial charge in [-0.25, -0.2) is 0 Å². The van der Waals surface area contributed by atoms with Crippen LogP contribution in [0.1, 0.15) is 27.7 Å². The zero-order valence-electron chi connectivity index (χ0n) is 16.7. The van der Waals surface area contributed by atoms with Crippen LogP contribution in [0.4, 0.5) is 0 Å². The molecule has 30 heavy (non-hydrogen) atoms. The van der Waals surface area contributed by atoms with Gasteiger partial charge in [0.15, 0.2) is 12.2 Å². The van der Waals surface area contributed by atoms with Gasteiger partial charge in [-0.3, -0.25) is 24.0 Å². The molecule has 0 saturated carbocycles. The van der Waals surface area contributed by atoms with Crippen molar-refractivity contribution in [3.8, 4) is 0 Å². The minimum atomic E-state index is -1.51. The third-order valence-corrected chi connectivity index (χ3v) is 3.59. The zero-order chi connectivity index (χ0) is 22.8. The van der Waals surface area contributed by atoms with E-state index in [-0.39, 0.29) is 0 Å². The maximum absolute atomic E-state index is 12.1. The van der Waals surface area contributed by atoms with Gasteiger partial charge in [-0.05, 0) is 5.53 Å². The van der Waals surface area contributed by atoms with Gasteiger partial charge in [0.1, 0.15) is 25.3 Å². The van der Waals surface area contributed by atoms with Crippen molar-refractivity contribution in [1.82, 2.24) is 5.32 Å². The van der Waals surface area contributed by atoms with Crippen molar-refractivity contribution in [3.63, 3.8) is 0 Å². The number of nitrogens with zero attached hydrogens (tertiary/aromatic N) is 3. The molecule has 0 aromatic rings. The van der Waals surface area contributed by atoms with Crippen molar-refractivity contribution >= 4 is 29.8 Å². The Labute approximate surface area is 170 Å². The average molecular weight is 430 g/mol. The fourth-order valence-corrected chi connectivity index (χ4v) is 2.65. The van der Waals surface area contributed by atoms with E-state index in [9.17, 15) is 24.0 Å². The number of hydrogen-bond acceptors (Lipinski definition) is 11. The Morgan fingerprint density at radius 3 is 2.00 bits per heavy atom. The molecule has 1 N–H and O–H groups in total. The summed E-state index contributed by atoms with van der Waals surface area (Å²) in [5, 5.41) is 5.48. The molecule has 0 bridgehead atoms. The average Bonchev–Trinajstić information content (AvgIpc) is 2.62. The molecule has 0 radical (unpaired) electrons. The van der Waals surface area contributed by atoms with E-state index in [2.05, 4.69) is 15.3 Å². The van der Waals surface area contributed by atoms with Crippen LogP contribution < -0.4 is 5.32 Å². The number of hydrogen-bond donors (Lipinski definition) is 1. The summed E-state index contributed by atoms with van der Waals surface area (Å²) in [6.45, 7) is 3.32. The highest BCUT2D eigenvalue weighted by Crippen LogP contribution is 2.28. The maximum atomic E-state index is 12.1. The summed E-state index contributed by atoms with van der Waals surface area (Å²) in [5.41, 5.74) is 8.36. The minimum absolute atomic E-state index is 0.428. The highest BCUT2D eigenvalue weighted by atomic mass is 16.7. The quantitative estimate of drug-likeness (QED) is 0.172. The van der Waals surface area contributed by atoms with E-state index >= 15 is 0 Å². The van der Waals surface area contributed by atoms with Gasteiger partial charge in [0.2, 0.25) is 12.2 Å². The molecular formula is C16H22N4O10. The lowest BCUT2D eigenvalue weighted by atomic mass is 9.96. The van der Waals surface area contributed by atoms with Gasteiger partial charge >= 0.3 is 23.9 Å². The van der Waals surface area contributed by atoms with Crippen LogP contribution in [0.2, 0.25) is 0 Å². The second-order valence-electron chi connectivity index (χ2n) is 6.09. The van der Waals surface area contributed by atoms with E-state index < -0.39 is 73.6 Å². The largest absolute Gasteiger partial charge is 0.463 e. The lowest BCUT2D eigenvalue weighted by Gasteiger charge is -2.44. The first-order chi connectivity index (χ1) is 14.0. The number of rotatable bonds is 8. The molecule has 1 fully saturated rings.